The molecule has 1 atom stereocenters. The minimum Gasteiger partial charge on any atom is -0.346 e. The summed E-state index contributed by atoms with van der Waals surface area (Å²) in [6.07, 6.45) is 2.87. The van der Waals surface area contributed by atoms with Crippen molar-refractivity contribution < 1.29 is 18.0 Å². The highest BCUT2D eigenvalue weighted by atomic mass is 32.2. The van der Waals surface area contributed by atoms with E-state index >= 15 is 0 Å². The van der Waals surface area contributed by atoms with Gasteiger partial charge in [0.1, 0.15) is 0 Å². The number of hydrogen-bond acceptors (Lipinski definition) is 6. The third-order valence-electron chi connectivity index (χ3n) is 3.71. The fourth-order valence-corrected chi connectivity index (χ4v) is 3.69. The lowest BCUT2D eigenvalue weighted by atomic mass is 9.97. The number of H-pyrrole nitrogens is 1. The van der Waals surface area contributed by atoms with Crippen LogP contribution in [-0.2, 0) is 26.2 Å². The first-order valence-corrected chi connectivity index (χ1v) is 8.57. The molecule has 2 aliphatic rings. The predicted octanol–water partition coefficient (Wildman–Crippen LogP) is -1.68. The van der Waals surface area contributed by atoms with Gasteiger partial charge in [-0.3, -0.25) is 19.4 Å². The van der Waals surface area contributed by atoms with Crippen molar-refractivity contribution in [2.75, 3.05) is 13.1 Å². The monoisotopic (exact) mass is 327 g/mol. The Morgan fingerprint density at radius 1 is 1.36 bits per heavy atom. The number of fused-ring (bicyclic) bond motifs is 1. The van der Waals surface area contributed by atoms with Gasteiger partial charge in [-0.05, 0) is 12.8 Å². The van der Waals surface area contributed by atoms with Gasteiger partial charge >= 0.3 is 0 Å². The van der Waals surface area contributed by atoms with E-state index in [1.54, 1.807) is 6.20 Å². The Hall–Kier alpha value is -1.94. The van der Waals surface area contributed by atoms with E-state index < -0.39 is 27.1 Å². The molecule has 120 valence electrons. The van der Waals surface area contributed by atoms with Gasteiger partial charge in [0.25, 0.3) is 5.91 Å². The van der Waals surface area contributed by atoms with E-state index in [9.17, 15) is 18.0 Å². The van der Waals surface area contributed by atoms with Crippen LogP contribution in [0, 0.1) is 0 Å². The van der Waals surface area contributed by atoms with Crippen LogP contribution in [0.4, 0.5) is 0 Å². The SMILES string of the molecule is O=C(CNC(=O)C1CNCc2c[nH]nc21)NS(=O)(=O)C1CC1. The summed E-state index contributed by atoms with van der Waals surface area (Å²) in [6, 6.07) is 0. The van der Waals surface area contributed by atoms with Gasteiger partial charge in [-0.15, -0.1) is 0 Å². The molecule has 0 bridgehead atoms. The smallest absolute Gasteiger partial charge is 0.252 e. The zero-order chi connectivity index (χ0) is 15.7. The molecule has 22 heavy (non-hydrogen) atoms. The molecular formula is C12H17N5O4S. The van der Waals surface area contributed by atoms with Gasteiger partial charge in [0.05, 0.1) is 23.4 Å². The molecule has 9 nitrogen and oxygen atoms in total. The third-order valence-corrected chi connectivity index (χ3v) is 5.57. The van der Waals surface area contributed by atoms with Crippen molar-refractivity contribution in [2.45, 2.75) is 30.6 Å². The van der Waals surface area contributed by atoms with E-state index in [4.69, 9.17) is 0 Å². The Balaban J connectivity index is 1.54. The van der Waals surface area contributed by atoms with Crippen LogP contribution in [0.3, 0.4) is 0 Å². The maximum Gasteiger partial charge on any atom is 0.252 e. The fraction of sp³-hybridized carbons (Fsp3) is 0.583. The van der Waals surface area contributed by atoms with E-state index in [1.807, 2.05) is 4.72 Å². The third kappa shape index (κ3) is 3.12. The number of nitrogens with one attached hydrogen (secondary N) is 4. The zero-order valence-corrected chi connectivity index (χ0v) is 12.6. The van der Waals surface area contributed by atoms with Gasteiger partial charge in [-0.25, -0.2) is 8.42 Å². The summed E-state index contributed by atoms with van der Waals surface area (Å²) in [4.78, 5) is 23.8. The Kier molecular flexibility index (Phi) is 3.87. The fourth-order valence-electron chi connectivity index (χ4n) is 2.38. The number of amides is 2. The number of carbonyl (C=O) groups is 2. The molecule has 0 spiro atoms. The minimum absolute atomic E-state index is 0.362. The molecule has 1 aliphatic heterocycles. The Bertz CT molecular complexity index is 694. The topological polar surface area (TPSA) is 133 Å². The molecule has 2 amide bonds. The van der Waals surface area contributed by atoms with Crippen LogP contribution in [0.2, 0.25) is 0 Å². The molecule has 4 N–H and O–H groups in total. The van der Waals surface area contributed by atoms with Crippen molar-refractivity contribution in [1.29, 1.82) is 0 Å². The van der Waals surface area contributed by atoms with Crippen molar-refractivity contribution in [3.05, 3.63) is 17.5 Å². The summed E-state index contributed by atoms with van der Waals surface area (Å²) in [6.45, 7) is 0.683. The van der Waals surface area contributed by atoms with Gasteiger partial charge < -0.3 is 10.6 Å². The minimum atomic E-state index is -3.58. The summed E-state index contributed by atoms with van der Waals surface area (Å²) >= 11 is 0. The van der Waals surface area contributed by atoms with Gasteiger partial charge in [0.15, 0.2) is 0 Å². The molecule has 0 aromatic carbocycles. The first-order valence-electron chi connectivity index (χ1n) is 7.03. The van der Waals surface area contributed by atoms with Crippen molar-refractivity contribution in [3.8, 4) is 0 Å². The average Bonchev–Trinajstić information content (AvgIpc) is 3.23. The maximum atomic E-state index is 12.1. The average molecular weight is 327 g/mol. The van der Waals surface area contributed by atoms with E-state index in [0.29, 0.717) is 31.6 Å². The molecule has 10 heteroatoms. The van der Waals surface area contributed by atoms with Gasteiger partial charge in [-0.2, -0.15) is 5.10 Å². The van der Waals surface area contributed by atoms with Gasteiger partial charge in [0, 0.05) is 24.8 Å². The quantitative estimate of drug-likeness (QED) is 0.510. The molecule has 1 unspecified atom stereocenters. The number of rotatable bonds is 5. The number of sulfonamides is 1. The number of aromatic nitrogens is 2. The molecule has 1 saturated carbocycles. The highest BCUT2D eigenvalue weighted by molar-refractivity contribution is 7.90. The van der Waals surface area contributed by atoms with E-state index in [-0.39, 0.29) is 12.5 Å². The summed E-state index contributed by atoms with van der Waals surface area (Å²) in [7, 11) is -3.58. The highest BCUT2D eigenvalue weighted by Crippen LogP contribution is 2.27. The standard InChI is InChI=1S/C12H17N5O4S/c18-10(17-22(20,21)8-1-2-8)6-14-12(19)9-5-13-3-7-4-15-16-11(7)9/h4,8-9,13H,1-3,5-6H2,(H,14,19)(H,15,16)(H,17,18). The Morgan fingerprint density at radius 2 is 2.14 bits per heavy atom. The number of hydrogen-bond donors (Lipinski definition) is 4. The van der Waals surface area contributed by atoms with Crippen LogP contribution < -0.4 is 15.4 Å². The van der Waals surface area contributed by atoms with Crippen molar-refractivity contribution in [2.24, 2.45) is 0 Å². The second kappa shape index (κ2) is 5.69. The molecule has 1 aromatic rings. The first kappa shape index (κ1) is 15.0. The molecule has 1 fully saturated rings. The van der Waals surface area contributed by atoms with Crippen LogP contribution in [0.25, 0.3) is 0 Å². The van der Waals surface area contributed by atoms with Crippen molar-refractivity contribution >= 4 is 21.8 Å². The lowest BCUT2D eigenvalue weighted by Crippen LogP contribution is -2.44. The summed E-state index contributed by atoms with van der Waals surface area (Å²) in [5.74, 6) is -1.59. The summed E-state index contributed by atoms with van der Waals surface area (Å²) in [5.41, 5.74) is 1.56. The summed E-state index contributed by atoms with van der Waals surface area (Å²) < 4.78 is 25.2. The Morgan fingerprint density at radius 3 is 2.86 bits per heavy atom. The van der Waals surface area contributed by atoms with E-state index in [0.717, 1.165) is 5.56 Å². The summed E-state index contributed by atoms with van der Waals surface area (Å²) in [5, 5.41) is 11.8. The van der Waals surface area contributed by atoms with Crippen LogP contribution in [-0.4, -0.2) is 48.8 Å². The molecule has 2 heterocycles. The van der Waals surface area contributed by atoms with Crippen LogP contribution in [0.1, 0.15) is 30.0 Å². The highest BCUT2D eigenvalue weighted by Gasteiger charge is 2.37. The molecule has 1 aliphatic carbocycles. The predicted molar refractivity (Wildman–Crippen MR) is 76.1 cm³/mol. The normalized spacial score (nSPS) is 21.0. The number of aromatic amines is 1. The molecular weight excluding hydrogens is 310 g/mol. The lowest BCUT2D eigenvalue weighted by Gasteiger charge is -2.21. The zero-order valence-electron chi connectivity index (χ0n) is 11.8. The van der Waals surface area contributed by atoms with E-state index in [1.165, 1.54) is 0 Å². The second-order valence-corrected chi connectivity index (χ2v) is 7.43. The Labute approximate surface area is 127 Å². The van der Waals surface area contributed by atoms with Gasteiger partial charge in [-0.1, -0.05) is 0 Å². The molecule has 0 radical (unpaired) electrons. The first-order chi connectivity index (χ1) is 10.5. The molecule has 1 aromatic heterocycles. The van der Waals surface area contributed by atoms with E-state index in [2.05, 4.69) is 20.8 Å². The lowest BCUT2D eigenvalue weighted by molar-refractivity contribution is -0.126. The molecule has 0 saturated heterocycles. The van der Waals surface area contributed by atoms with Gasteiger partial charge in [0.2, 0.25) is 15.9 Å². The molecule has 3 rings (SSSR count). The van der Waals surface area contributed by atoms with Crippen molar-refractivity contribution in [3.63, 3.8) is 0 Å². The van der Waals surface area contributed by atoms with Crippen LogP contribution in [0.15, 0.2) is 6.20 Å². The number of nitrogens with zero attached hydrogens (tertiary/aromatic N) is 1. The number of carbonyl (C=O) groups excluding carboxylic acids is 2. The maximum absolute atomic E-state index is 12.1. The van der Waals surface area contributed by atoms with Crippen LogP contribution in [0.5, 0.6) is 0 Å². The van der Waals surface area contributed by atoms with Crippen LogP contribution >= 0.6 is 0 Å². The second-order valence-electron chi connectivity index (χ2n) is 5.47. The van der Waals surface area contributed by atoms with Crippen molar-refractivity contribution in [1.82, 2.24) is 25.6 Å². The largest absolute Gasteiger partial charge is 0.346 e.